The highest BCUT2D eigenvalue weighted by Gasteiger charge is 2.43. The van der Waals surface area contributed by atoms with E-state index < -0.39 is 28.2 Å². The second-order valence-corrected chi connectivity index (χ2v) is 26.9. The molecule has 14 rings (SSSR count). The summed E-state index contributed by atoms with van der Waals surface area (Å²) in [5.41, 5.74) is 5.79. The fraction of sp³-hybridized carbons (Fsp3) is 0. The highest BCUT2D eigenvalue weighted by molar-refractivity contribution is 7.20. The third-order valence-corrected chi connectivity index (χ3v) is 24.8. The first-order valence-electron chi connectivity index (χ1n) is 29.3. The van der Waals surface area contributed by atoms with Crippen molar-refractivity contribution in [2.24, 2.45) is 0 Å². The molecule has 0 aliphatic rings. The van der Waals surface area contributed by atoms with Gasteiger partial charge in [-0.1, -0.05) is 267 Å². The van der Waals surface area contributed by atoms with Crippen LogP contribution in [0.4, 0.5) is 0 Å². The van der Waals surface area contributed by atoms with E-state index in [-0.39, 0.29) is 52.0 Å². The number of hydrogen-bond donors (Lipinski definition) is 0. The molecule has 358 valence electrons. The quantitative estimate of drug-likeness (QED) is 0.0903. The Labute approximate surface area is 455 Å². The molecule has 2 heterocycles. The van der Waals surface area contributed by atoms with E-state index >= 15 is 0 Å². The standard InChI is InChI=1S/C72H52N2Si2/c1-8-26-53(27-9-1)64-43-25-45-70-72(64)67-51-55(46-49-69(67)73(70)54-28-24-41-62(50-54)75(56-29-10-2-11-30-56,57-31-12-3-13-32-57)58-33-14-4-15-34-58)74-68-44-23-22-42-65(68)66-48-47-63(52-71(66)74)76(59-35-16-5-17-36-59,60-37-18-6-19-38-60)61-39-20-7-21-40-61/h1-52H/i22D,23D,42D,44D,47D,48D,52D. The Morgan fingerprint density at radius 3 is 1.25 bits per heavy atom. The zero-order chi connectivity index (χ0) is 56.6. The van der Waals surface area contributed by atoms with Crippen LogP contribution in [0.25, 0.3) is 66.1 Å². The Bertz CT molecular complexity index is 4600. The number of benzene rings is 12. The van der Waals surface area contributed by atoms with Gasteiger partial charge in [-0.2, -0.15) is 0 Å². The maximum absolute atomic E-state index is 10.9. The van der Waals surface area contributed by atoms with E-state index in [2.05, 4.69) is 199 Å². The van der Waals surface area contributed by atoms with Crippen molar-refractivity contribution in [3.8, 4) is 22.5 Å². The second kappa shape index (κ2) is 18.9. The van der Waals surface area contributed by atoms with Crippen LogP contribution in [0.3, 0.4) is 0 Å². The van der Waals surface area contributed by atoms with Crippen molar-refractivity contribution in [2.75, 3.05) is 0 Å². The molecular weight excluding hydrogens is 949 g/mol. The molecule has 0 saturated carbocycles. The van der Waals surface area contributed by atoms with Gasteiger partial charge in [-0.25, -0.2) is 0 Å². The minimum atomic E-state index is -3.68. The normalized spacial score (nSPS) is 13.2. The molecule has 76 heavy (non-hydrogen) atoms. The number of hydrogen-bond acceptors (Lipinski definition) is 0. The molecule has 4 heteroatoms. The zero-order valence-electron chi connectivity index (χ0n) is 48.4. The predicted octanol–water partition coefficient (Wildman–Crippen LogP) is 12.3. The Balaban J connectivity index is 1.11. The molecule has 0 aliphatic carbocycles. The van der Waals surface area contributed by atoms with Gasteiger partial charge in [-0.05, 0) is 101 Å². The summed E-state index contributed by atoms with van der Waals surface area (Å²) in [6, 6.07) is 93.0. The lowest BCUT2D eigenvalue weighted by Gasteiger charge is -2.34. The van der Waals surface area contributed by atoms with Crippen LogP contribution in [0.2, 0.25) is 0 Å². The summed E-state index contributed by atoms with van der Waals surface area (Å²) in [6.07, 6.45) is 0. The second-order valence-electron chi connectivity index (χ2n) is 19.4. The molecule has 0 aliphatic heterocycles. The van der Waals surface area contributed by atoms with E-state index in [9.17, 15) is 8.22 Å². The van der Waals surface area contributed by atoms with E-state index in [0.717, 1.165) is 54.2 Å². The van der Waals surface area contributed by atoms with E-state index in [1.54, 1.807) is 4.57 Å². The molecule has 0 unspecified atom stereocenters. The Kier molecular flexibility index (Phi) is 9.50. The summed E-state index contributed by atoms with van der Waals surface area (Å²) in [7, 11) is -6.66. The summed E-state index contributed by atoms with van der Waals surface area (Å²) >= 11 is 0. The first kappa shape index (κ1) is 38.3. The predicted molar refractivity (Wildman–Crippen MR) is 328 cm³/mol. The first-order chi connectivity index (χ1) is 40.6. The van der Waals surface area contributed by atoms with Crippen LogP contribution in [-0.4, -0.2) is 25.3 Å². The summed E-state index contributed by atoms with van der Waals surface area (Å²) < 4.78 is 73.0. The molecule has 0 fully saturated rings. The summed E-state index contributed by atoms with van der Waals surface area (Å²) in [5, 5.41) is 10.3. The van der Waals surface area contributed by atoms with Crippen molar-refractivity contribution < 1.29 is 9.60 Å². The van der Waals surface area contributed by atoms with Gasteiger partial charge in [0, 0.05) is 32.9 Å². The SMILES string of the molecule is [2H]c1c([2H])c([2H])c2c(c1[2H])c1c([2H])c([2H])c([Si](c3ccccc3)(c3ccccc3)c3ccccc3)c([2H])c1n2-c1ccc2c(c1)c1c(-c3ccccc3)cccc1n2-c1cccc([Si](c2ccccc2)(c2ccccc2)c2ccccc2)c1. The summed E-state index contributed by atoms with van der Waals surface area (Å²) in [4.78, 5) is 0. The van der Waals surface area contributed by atoms with E-state index in [4.69, 9.17) is 1.37 Å². The molecular formula is C72H52N2Si2. The van der Waals surface area contributed by atoms with Crippen molar-refractivity contribution in [1.82, 2.24) is 9.13 Å². The molecule has 2 aromatic heterocycles. The number of nitrogens with zero attached hydrogens (tertiary/aromatic N) is 2. The molecule has 12 aromatic carbocycles. The maximum atomic E-state index is 10.9. The van der Waals surface area contributed by atoms with Gasteiger partial charge in [0.25, 0.3) is 0 Å². The molecule has 0 saturated heterocycles. The van der Waals surface area contributed by atoms with Gasteiger partial charge in [0.05, 0.1) is 31.7 Å². The van der Waals surface area contributed by atoms with Crippen LogP contribution >= 0.6 is 0 Å². The monoisotopic (exact) mass is 1010 g/mol. The van der Waals surface area contributed by atoms with E-state index in [0.29, 0.717) is 10.9 Å². The van der Waals surface area contributed by atoms with E-state index in [1.165, 1.54) is 20.7 Å². The lowest BCUT2D eigenvalue weighted by atomic mass is 9.99. The number of fused-ring (bicyclic) bond motifs is 6. The third-order valence-electron chi connectivity index (χ3n) is 15.4. The lowest BCUT2D eigenvalue weighted by Crippen LogP contribution is -2.74. The minimum absolute atomic E-state index is 0.00972. The van der Waals surface area contributed by atoms with Gasteiger partial charge < -0.3 is 9.13 Å². The van der Waals surface area contributed by atoms with Gasteiger partial charge in [0.15, 0.2) is 16.1 Å². The topological polar surface area (TPSA) is 9.86 Å². The minimum Gasteiger partial charge on any atom is -0.309 e. The maximum Gasteiger partial charge on any atom is 0.179 e. The van der Waals surface area contributed by atoms with Crippen molar-refractivity contribution in [1.29, 1.82) is 0 Å². The fourth-order valence-corrected chi connectivity index (χ4v) is 21.5. The summed E-state index contributed by atoms with van der Waals surface area (Å²) in [6.45, 7) is 0. The molecule has 0 bridgehead atoms. The van der Waals surface area contributed by atoms with Crippen LogP contribution in [-0.2, 0) is 0 Å². The van der Waals surface area contributed by atoms with Crippen LogP contribution < -0.4 is 41.5 Å². The van der Waals surface area contributed by atoms with Crippen molar-refractivity contribution in [3.63, 3.8) is 0 Å². The van der Waals surface area contributed by atoms with Crippen LogP contribution in [0.5, 0.6) is 0 Å². The van der Waals surface area contributed by atoms with Gasteiger partial charge in [0.1, 0.15) is 0 Å². The Morgan fingerprint density at radius 1 is 0.276 bits per heavy atom. The molecule has 2 nitrogen and oxygen atoms in total. The van der Waals surface area contributed by atoms with Gasteiger partial charge in [-0.15, -0.1) is 0 Å². The van der Waals surface area contributed by atoms with Crippen molar-refractivity contribution in [3.05, 3.63) is 315 Å². The highest BCUT2D eigenvalue weighted by Crippen LogP contribution is 2.41. The largest absolute Gasteiger partial charge is 0.309 e. The Hall–Kier alpha value is -9.33. The highest BCUT2D eigenvalue weighted by atomic mass is 28.3. The molecule has 0 amide bonds. The van der Waals surface area contributed by atoms with Gasteiger partial charge >= 0.3 is 0 Å². The van der Waals surface area contributed by atoms with Crippen LogP contribution in [0.1, 0.15) is 9.60 Å². The van der Waals surface area contributed by atoms with Crippen molar-refractivity contribution in [2.45, 2.75) is 0 Å². The molecule has 14 aromatic rings. The number of para-hydroxylation sites is 1. The number of rotatable bonds is 11. The molecule has 0 atom stereocenters. The first-order valence-corrected chi connectivity index (χ1v) is 29.8. The fourth-order valence-electron chi connectivity index (χ4n) is 12.2. The zero-order valence-corrected chi connectivity index (χ0v) is 43.4. The average Bonchev–Trinajstić information content (AvgIpc) is 4.00. The average molecular weight is 1010 g/mol. The van der Waals surface area contributed by atoms with Crippen molar-refractivity contribution >= 4 is 101 Å². The lowest BCUT2D eigenvalue weighted by molar-refractivity contribution is 1.17. The molecule has 0 N–H and O–H groups in total. The van der Waals surface area contributed by atoms with Crippen LogP contribution in [0, 0.1) is 0 Å². The third kappa shape index (κ3) is 7.14. The van der Waals surface area contributed by atoms with Gasteiger partial charge in [0.2, 0.25) is 0 Å². The summed E-state index contributed by atoms with van der Waals surface area (Å²) in [5.74, 6) is 0. The number of aromatic nitrogens is 2. The van der Waals surface area contributed by atoms with Crippen LogP contribution in [0.15, 0.2) is 315 Å². The molecule has 0 spiro atoms. The van der Waals surface area contributed by atoms with Gasteiger partial charge in [-0.3, -0.25) is 0 Å². The smallest absolute Gasteiger partial charge is 0.179 e. The molecule has 0 radical (unpaired) electrons. The van der Waals surface area contributed by atoms with E-state index in [1.807, 2.05) is 78.9 Å². The Morgan fingerprint density at radius 2 is 0.711 bits per heavy atom.